The van der Waals surface area contributed by atoms with Crippen LogP contribution in [0.2, 0.25) is 0 Å². The number of carbonyl (C=O) groups excluding carboxylic acids is 1. The molecule has 6 nitrogen and oxygen atoms in total. The van der Waals surface area contributed by atoms with Crippen LogP contribution >= 0.6 is 0 Å². The van der Waals surface area contributed by atoms with Crippen LogP contribution in [-0.4, -0.2) is 51.8 Å². The molecule has 1 aliphatic heterocycles. The molecule has 1 atom stereocenters. The van der Waals surface area contributed by atoms with Crippen molar-refractivity contribution in [2.45, 2.75) is 46.1 Å². The fourth-order valence-electron chi connectivity index (χ4n) is 2.78. The van der Waals surface area contributed by atoms with E-state index >= 15 is 0 Å². The van der Waals surface area contributed by atoms with Gasteiger partial charge in [-0.25, -0.2) is 0 Å². The highest BCUT2D eigenvalue weighted by atomic mass is 16.1. The molecule has 0 bridgehead atoms. The molecule has 0 saturated carbocycles. The first-order valence-corrected chi connectivity index (χ1v) is 7.96. The topological polar surface area (TPSA) is 63.1 Å². The van der Waals surface area contributed by atoms with E-state index in [1.807, 2.05) is 11.5 Å². The molecule has 1 amide bonds. The van der Waals surface area contributed by atoms with E-state index in [-0.39, 0.29) is 11.8 Å². The highest BCUT2D eigenvalue weighted by Crippen LogP contribution is 2.10. The van der Waals surface area contributed by atoms with E-state index in [9.17, 15) is 4.79 Å². The number of amides is 1. The van der Waals surface area contributed by atoms with Gasteiger partial charge in [0, 0.05) is 31.5 Å². The Bertz CT molecular complexity index is 451. The monoisotopic (exact) mass is 293 g/mol. The van der Waals surface area contributed by atoms with Crippen LogP contribution in [-0.2, 0) is 11.2 Å². The maximum atomic E-state index is 12.1. The molecule has 1 saturated heterocycles. The normalized spacial score (nSPS) is 17.3. The van der Waals surface area contributed by atoms with Crippen LogP contribution in [0.5, 0.6) is 0 Å². The van der Waals surface area contributed by atoms with Gasteiger partial charge in [0.25, 0.3) is 0 Å². The van der Waals surface area contributed by atoms with Gasteiger partial charge in [-0.05, 0) is 39.8 Å². The van der Waals surface area contributed by atoms with Gasteiger partial charge in [-0.15, -0.1) is 10.2 Å². The lowest BCUT2D eigenvalue weighted by atomic mass is 10.1. The van der Waals surface area contributed by atoms with Gasteiger partial charge in [0.1, 0.15) is 12.2 Å². The Labute approximate surface area is 126 Å². The van der Waals surface area contributed by atoms with Crippen molar-refractivity contribution in [2.75, 3.05) is 26.2 Å². The summed E-state index contributed by atoms with van der Waals surface area (Å²) in [5, 5.41) is 11.1. The van der Waals surface area contributed by atoms with Gasteiger partial charge in [-0.3, -0.25) is 4.79 Å². The molecule has 1 N–H and O–H groups in total. The Balaban J connectivity index is 1.72. The molecule has 0 aliphatic carbocycles. The van der Waals surface area contributed by atoms with E-state index in [0.29, 0.717) is 12.6 Å². The standard InChI is InChI=1S/C15H27N5O/c1-12(2)20-11-17-18-14(20)6-7-16-15(21)13(3)10-19-8-4-5-9-19/h11-13H,4-10H2,1-3H3,(H,16,21). The van der Waals surface area contributed by atoms with E-state index in [1.165, 1.54) is 12.8 Å². The SMILES string of the molecule is CC(CN1CCCC1)C(=O)NCCc1nncn1C(C)C. The van der Waals surface area contributed by atoms with Crippen LogP contribution in [0.3, 0.4) is 0 Å². The summed E-state index contributed by atoms with van der Waals surface area (Å²) in [5.41, 5.74) is 0. The van der Waals surface area contributed by atoms with Gasteiger partial charge < -0.3 is 14.8 Å². The number of hydrogen-bond donors (Lipinski definition) is 1. The number of nitrogens with one attached hydrogen (secondary N) is 1. The summed E-state index contributed by atoms with van der Waals surface area (Å²) in [6, 6.07) is 0.347. The quantitative estimate of drug-likeness (QED) is 0.822. The third-order valence-corrected chi connectivity index (χ3v) is 4.03. The maximum Gasteiger partial charge on any atom is 0.224 e. The Kier molecular flexibility index (Phi) is 5.73. The van der Waals surface area contributed by atoms with E-state index in [2.05, 4.69) is 34.3 Å². The summed E-state index contributed by atoms with van der Waals surface area (Å²) in [6.07, 6.45) is 5.00. The minimum absolute atomic E-state index is 0.0473. The zero-order valence-electron chi connectivity index (χ0n) is 13.4. The van der Waals surface area contributed by atoms with E-state index in [0.717, 1.165) is 31.9 Å². The van der Waals surface area contributed by atoms with Gasteiger partial charge in [-0.1, -0.05) is 6.92 Å². The fraction of sp³-hybridized carbons (Fsp3) is 0.800. The first-order valence-electron chi connectivity index (χ1n) is 7.96. The Morgan fingerprint density at radius 3 is 2.71 bits per heavy atom. The lowest BCUT2D eigenvalue weighted by Crippen LogP contribution is -2.37. The average Bonchev–Trinajstić information content (AvgIpc) is 3.09. The van der Waals surface area contributed by atoms with Crippen molar-refractivity contribution in [3.05, 3.63) is 12.2 Å². The summed E-state index contributed by atoms with van der Waals surface area (Å²) >= 11 is 0. The third-order valence-electron chi connectivity index (χ3n) is 4.03. The van der Waals surface area contributed by atoms with Gasteiger partial charge in [-0.2, -0.15) is 0 Å². The second-order valence-corrected chi connectivity index (χ2v) is 6.20. The highest BCUT2D eigenvalue weighted by Gasteiger charge is 2.19. The van der Waals surface area contributed by atoms with Gasteiger partial charge in [0.05, 0.1) is 0 Å². The zero-order chi connectivity index (χ0) is 15.2. The first kappa shape index (κ1) is 15.9. The molecule has 0 aromatic carbocycles. The predicted molar refractivity (Wildman–Crippen MR) is 82.0 cm³/mol. The number of carbonyl (C=O) groups is 1. The van der Waals surface area contributed by atoms with Crippen molar-refractivity contribution in [3.63, 3.8) is 0 Å². The van der Waals surface area contributed by atoms with Gasteiger partial charge in [0.15, 0.2) is 0 Å². The Hall–Kier alpha value is -1.43. The predicted octanol–water partition coefficient (Wildman–Crippen LogP) is 1.25. The second-order valence-electron chi connectivity index (χ2n) is 6.20. The van der Waals surface area contributed by atoms with Crippen LogP contribution in [0.15, 0.2) is 6.33 Å². The lowest BCUT2D eigenvalue weighted by Gasteiger charge is -2.19. The minimum atomic E-state index is 0.0473. The molecule has 118 valence electrons. The summed E-state index contributed by atoms with van der Waals surface area (Å²) in [7, 11) is 0. The third kappa shape index (κ3) is 4.52. The molecular weight excluding hydrogens is 266 g/mol. The van der Waals surface area contributed by atoms with Crippen molar-refractivity contribution in [1.29, 1.82) is 0 Å². The molecule has 1 aromatic heterocycles. The van der Waals surface area contributed by atoms with Crippen molar-refractivity contribution in [1.82, 2.24) is 25.0 Å². The van der Waals surface area contributed by atoms with Crippen molar-refractivity contribution < 1.29 is 4.79 Å². The summed E-state index contributed by atoms with van der Waals surface area (Å²) in [4.78, 5) is 14.5. The summed E-state index contributed by atoms with van der Waals surface area (Å²) < 4.78 is 2.04. The minimum Gasteiger partial charge on any atom is -0.355 e. The average molecular weight is 293 g/mol. The Morgan fingerprint density at radius 2 is 2.05 bits per heavy atom. The number of rotatable bonds is 7. The summed E-state index contributed by atoms with van der Waals surface area (Å²) in [6.45, 7) is 9.96. The van der Waals surface area contributed by atoms with Crippen LogP contribution in [0, 0.1) is 5.92 Å². The maximum absolute atomic E-state index is 12.1. The number of likely N-dealkylation sites (tertiary alicyclic amines) is 1. The molecular formula is C15H27N5O. The first-order chi connectivity index (χ1) is 10.1. The largest absolute Gasteiger partial charge is 0.355 e. The molecule has 2 heterocycles. The summed E-state index contributed by atoms with van der Waals surface area (Å²) in [5.74, 6) is 1.11. The number of hydrogen-bond acceptors (Lipinski definition) is 4. The molecule has 21 heavy (non-hydrogen) atoms. The van der Waals surface area contributed by atoms with Gasteiger partial charge in [0.2, 0.25) is 5.91 Å². The van der Waals surface area contributed by atoms with E-state index in [1.54, 1.807) is 6.33 Å². The van der Waals surface area contributed by atoms with Crippen LogP contribution < -0.4 is 5.32 Å². The number of aromatic nitrogens is 3. The number of nitrogens with zero attached hydrogens (tertiary/aromatic N) is 4. The van der Waals surface area contributed by atoms with Crippen LogP contribution in [0.25, 0.3) is 0 Å². The van der Waals surface area contributed by atoms with Crippen LogP contribution in [0.4, 0.5) is 0 Å². The van der Waals surface area contributed by atoms with Crippen LogP contribution in [0.1, 0.15) is 45.5 Å². The molecule has 1 unspecified atom stereocenters. The fourth-order valence-corrected chi connectivity index (χ4v) is 2.78. The molecule has 6 heteroatoms. The molecule has 0 spiro atoms. The van der Waals surface area contributed by atoms with Gasteiger partial charge >= 0.3 is 0 Å². The second kappa shape index (κ2) is 7.54. The molecule has 1 fully saturated rings. The smallest absolute Gasteiger partial charge is 0.224 e. The molecule has 1 aromatic rings. The molecule has 2 rings (SSSR count). The zero-order valence-corrected chi connectivity index (χ0v) is 13.4. The highest BCUT2D eigenvalue weighted by molar-refractivity contribution is 5.78. The van der Waals surface area contributed by atoms with E-state index < -0.39 is 0 Å². The molecule has 0 radical (unpaired) electrons. The lowest BCUT2D eigenvalue weighted by molar-refractivity contribution is -0.124. The Morgan fingerprint density at radius 1 is 1.33 bits per heavy atom. The van der Waals surface area contributed by atoms with E-state index in [4.69, 9.17) is 0 Å². The van der Waals surface area contributed by atoms with Crippen molar-refractivity contribution in [3.8, 4) is 0 Å². The van der Waals surface area contributed by atoms with Crippen molar-refractivity contribution in [2.24, 2.45) is 5.92 Å². The molecule has 1 aliphatic rings. The van der Waals surface area contributed by atoms with Crippen molar-refractivity contribution >= 4 is 5.91 Å².